The molecule has 1 aromatic carbocycles. The number of rotatable bonds is 5. The van der Waals surface area contributed by atoms with Gasteiger partial charge in [-0.05, 0) is 38.4 Å². The van der Waals surface area contributed by atoms with Gasteiger partial charge in [0.25, 0.3) is 5.69 Å². The van der Waals surface area contributed by atoms with Crippen molar-refractivity contribution < 1.29 is 19.6 Å². The van der Waals surface area contributed by atoms with E-state index < -0.39 is 16.3 Å². The zero-order valence-corrected chi connectivity index (χ0v) is 11.8. The van der Waals surface area contributed by atoms with Crippen molar-refractivity contribution in [2.45, 2.75) is 19.3 Å². The Labute approximate surface area is 122 Å². The van der Waals surface area contributed by atoms with E-state index in [0.717, 1.165) is 0 Å². The number of nitro benzene ring substituents is 1. The average Bonchev–Trinajstić information content (AvgIpc) is 2.48. The molecule has 2 N–H and O–H groups in total. The molecule has 0 aliphatic carbocycles. The standard InChI is InChI=1S/C14H18N2O5/c1-21-12-3-2-11(16(19)20)8-10(12)9-14(13(17)18)4-6-15-7-5-14/h2-3,8,15H,4-7,9H2,1H3,(H,17,18). The number of methoxy groups -OCH3 is 1. The highest BCUT2D eigenvalue weighted by Crippen LogP contribution is 2.37. The Bertz CT molecular complexity index is 552. The summed E-state index contributed by atoms with van der Waals surface area (Å²) in [6, 6.07) is 4.29. The Morgan fingerprint density at radius 2 is 2.14 bits per heavy atom. The number of piperidine rings is 1. The van der Waals surface area contributed by atoms with Gasteiger partial charge in [-0.15, -0.1) is 0 Å². The van der Waals surface area contributed by atoms with Gasteiger partial charge in [0.15, 0.2) is 0 Å². The molecule has 2 rings (SSSR count). The van der Waals surface area contributed by atoms with Gasteiger partial charge in [-0.1, -0.05) is 0 Å². The molecule has 7 nitrogen and oxygen atoms in total. The largest absolute Gasteiger partial charge is 0.496 e. The molecule has 114 valence electrons. The second-order valence-corrected chi connectivity index (χ2v) is 5.27. The van der Waals surface area contributed by atoms with Crippen molar-refractivity contribution >= 4 is 11.7 Å². The van der Waals surface area contributed by atoms with Crippen LogP contribution in [0.4, 0.5) is 5.69 Å². The van der Waals surface area contributed by atoms with E-state index in [0.29, 0.717) is 37.2 Å². The van der Waals surface area contributed by atoms with Crippen molar-refractivity contribution in [1.82, 2.24) is 5.32 Å². The highest BCUT2D eigenvalue weighted by Gasteiger charge is 2.40. The van der Waals surface area contributed by atoms with Crippen molar-refractivity contribution in [3.05, 3.63) is 33.9 Å². The number of carboxylic acids is 1. The van der Waals surface area contributed by atoms with E-state index in [4.69, 9.17) is 4.74 Å². The SMILES string of the molecule is COc1ccc([N+](=O)[O-])cc1CC1(C(=O)O)CCNCC1. The molecule has 0 radical (unpaired) electrons. The van der Waals surface area contributed by atoms with Gasteiger partial charge >= 0.3 is 5.97 Å². The highest BCUT2D eigenvalue weighted by molar-refractivity contribution is 5.75. The predicted octanol–water partition coefficient (Wildman–Crippen LogP) is 1.60. The van der Waals surface area contributed by atoms with Crippen LogP contribution in [0.2, 0.25) is 0 Å². The van der Waals surface area contributed by atoms with Crippen LogP contribution in [0.15, 0.2) is 18.2 Å². The first kappa shape index (κ1) is 15.2. The Hall–Kier alpha value is -2.15. The van der Waals surface area contributed by atoms with Gasteiger partial charge in [-0.2, -0.15) is 0 Å². The first-order valence-electron chi connectivity index (χ1n) is 6.74. The minimum absolute atomic E-state index is 0.0553. The molecule has 0 unspecified atom stereocenters. The number of hydrogen-bond donors (Lipinski definition) is 2. The number of aliphatic carboxylic acids is 1. The number of carboxylic acid groups (broad SMARTS) is 1. The van der Waals surface area contributed by atoms with Crippen LogP contribution in [-0.2, 0) is 11.2 Å². The maximum atomic E-state index is 11.7. The average molecular weight is 294 g/mol. The Morgan fingerprint density at radius 3 is 2.67 bits per heavy atom. The fourth-order valence-corrected chi connectivity index (χ4v) is 2.75. The molecule has 7 heteroatoms. The summed E-state index contributed by atoms with van der Waals surface area (Å²) in [6.07, 6.45) is 1.22. The van der Waals surface area contributed by atoms with Gasteiger partial charge in [0.1, 0.15) is 5.75 Å². The summed E-state index contributed by atoms with van der Waals surface area (Å²) in [7, 11) is 1.47. The number of ether oxygens (including phenoxy) is 1. The summed E-state index contributed by atoms with van der Waals surface area (Å²) >= 11 is 0. The van der Waals surface area contributed by atoms with E-state index in [2.05, 4.69) is 5.32 Å². The van der Waals surface area contributed by atoms with Crippen LogP contribution in [0.5, 0.6) is 5.75 Å². The molecular weight excluding hydrogens is 276 g/mol. The van der Waals surface area contributed by atoms with E-state index in [1.54, 1.807) is 0 Å². The van der Waals surface area contributed by atoms with Gasteiger partial charge < -0.3 is 15.2 Å². The van der Waals surface area contributed by atoms with Crippen molar-refractivity contribution in [3.63, 3.8) is 0 Å². The van der Waals surface area contributed by atoms with E-state index in [1.807, 2.05) is 0 Å². The number of non-ortho nitro benzene ring substituents is 1. The molecule has 0 atom stereocenters. The Morgan fingerprint density at radius 1 is 1.48 bits per heavy atom. The van der Waals surface area contributed by atoms with E-state index >= 15 is 0 Å². The smallest absolute Gasteiger partial charge is 0.310 e. The molecule has 1 fully saturated rings. The van der Waals surface area contributed by atoms with Crippen LogP contribution in [-0.4, -0.2) is 36.2 Å². The molecule has 0 saturated carbocycles. The second kappa shape index (κ2) is 6.09. The molecular formula is C14H18N2O5. The maximum absolute atomic E-state index is 11.7. The maximum Gasteiger partial charge on any atom is 0.310 e. The second-order valence-electron chi connectivity index (χ2n) is 5.27. The highest BCUT2D eigenvalue weighted by atomic mass is 16.6. The lowest BCUT2D eigenvalue weighted by molar-refractivity contribution is -0.384. The van der Waals surface area contributed by atoms with Gasteiger partial charge in [-0.25, -0.2) is 0 Å². The minimum atomic E-state index is -0.895. The summed E-state index contributed by atoms with van der Waals surface area (Å²) in [5.41, 5.74) is -0.385. The number of nitrogens with zero attached hydrogens (tertiary/aromatic N) is 1. The fraction of sp³-hybridized carbons (Fsp3) is 0.500. The van der Waals surface area contributed by atoms with Gasteiger partial charge in [0.2, 0.25) is 0 Å². The number of hydrogen-bond acceptors (Lipinski definition) is 5. The van der Waals surface area contributed by atoms with Crippen LogP contribution in [0, 0.1) is 15.5 Å². The summed E-state index contributed by atoms with van der Waals surface area (Å²) in [6.45, 7) is 1.26. The summed E-state index contributed by atoms with van der Waals surface area (Å²) in [4.78, 5) is 22.1. The third-order valence-electron chi connectivity index (χ3n) is 4.02. The van der Waals surface area contributed by atoms with Crippen molar-refractivity contribution in [3.8, 4) is 5.75 Å². The lowest BCUT2D eigenvalue weighted by Crippen LogP contribution is -2.43. The van der Waals surface area contributed by atoms with Crippen molar-refractivity contribution in [2.75, 3.05) is 20.2 Å². The van der Waals surface area contributed by atoms with Gasteiger partial charge in [0.05, 0.1) is 17.4 Å². The van der Waals surface area contributed by atoms with E-state index in [-0.39, 0.29) is 12.1 Å². The fourth-order valence-electron chi connectivity index (χ4n) is 2.75. The number of nitro groups is 1. The zero-order chi connectivity index (χ0) is 15.5. The summed E-state index contributed by atoms with van der Waals surface area (Å²) < 4.78 is 5.22. The lowest BCUT2D eigenvalue weighted by atomic mass is 9.74. The van der Waals surface area contributed by atoms with Crippen LogP contribution >= 0.6 is 0 Å². The van der Waals surface area contributed by atoms with Crippen LogP contribution in [0.1, 0.15) is 18.4 Å². The summed E-state index contributed by atoms with van der Waals surface area (Å²) in [5, 5.41) is 23.6. The molecule has 1 saturated heterocycles. The van der Waals surface area contributed by atoms with Crippen LogP contribution in [0.25, 0.3) is 0 Å². The predicted molar refractivity (Wildman–Crippen MR) is 75.5 cm³/mol. The lowest BCUT2D eigenvalue weighted by Gasteiger charge is -2.34. The van der Waals surface area contributed by atoms with E-state index in [1.165, 1.54) is 25.3 Å². The summed E-state index contributed by atoms with van der Waals surface area (Å²) in [5.74, 6) is -0.377. The Balaban J connectivity index is 2.37. The number of benzene rings is 1. The first-order valence-corrected chi connectivity index (χ1v) is 6.74. The molecule has 0 spiro atoms. The third kappa shape index (κ3) is 3.13. The Kier molecular flexibility index (Phi) is 4.42. The van der Waals surface area contributed by atoms with Crippen LogP contribution < -0.4 is 10.1 Å². The van der Waals surface area contributed by atoms with E-state index in [9.17, 15) is 20.0 Å². The number of carbonyl (C=O) groups is 1. The number of nitrogens with one attached hydrogen (secondary N) is 1. The quantitative estimate of drug-likeness (QED) is 0.631. The molecule has 1 aromatic rings. The zero-order valence-electron chi connectivity index (χ0n) is 11.8. The monoisotopic (exact) mass is 294 g/mol. The van der Waals surface area contributed by atoms with Gasteiger partial charge in [-0.3, -0.25) is 14.9 Å². The van der Waals surface area contributed by atoms with Crippen molar-refractivity contribution in [2.24, 2.45) is 5.41 Å². The molecule has 0 amide bonds. The molecule has 0 bridgehead atoms. The third-order valence-corrected chi connectivity index (χ3v) is 4.02. The van der Waals surface area contributed by atoms with Crippen LogP contribution in [0.3, 0.4) is 0 Å². The topological polar surface area (TPSA) is 102 Å². The molecule has 0 aromatic heterocycles. The first-order chi connectivity index (χ1) is 9.98. The van der Waals surface area contributed by atoms with Crippen molar-refractivity contribution in [1.29, 1.82) is 0 Å². The van der Waals surface area contributed by atoms with Gasteiger partial charge in [0, 0.05) is 17.7 Å². The molecule has 1 aliphatic heterocycles. The molecule has 1 aliphatic rings. The normalized spacial score (nSPS) is 17.2. The molecule has 1 heterocycles. The minimum Gasteiger partial charge on any atom is -0.496 e. The molecule has 21 heavy (non-hydrogen) atoms.